The van der Waals surface area contributed by atoms with Crippen molar-refractivity contribution < 1.29 is 16.8 Å². The van der Waals surface area contributed by atoms with Crippen LogP contribution >= 0.6 is 0 Å². The van der Waals surface area contributed by atoms with Gasteiger partial charge in [0.2, 0.25) is 20.0 Å². The molecule has 0 bridgehead atoms. The summed E-state index contributed by atoms with van der Waals surface area (Å²) in [4.78, 5) is 0.191. The van der Waals surface area contributed by atoms with Crippen molar-refractivity contribution in [2.75, 3.05) is 20.1 Å². The van der Waals surface area contributed by atoms with Crippen molar-refractivity contribution in [1.82, 2.24) is 9.03 Å². The van der Waals surface area contributed by atoms with Gasteiger partial charge in [0.15, 0.2) is 0 Å². The van der Waals surface area contributed by atoms with Crippen molar-refractivity contribution >= 4 is 20.0 Å². The van der Waals surface area contributed by atoms with Gasteiger partial charge in [-0.1, -0.05) is 0 Å². The van der Waals surface area contributed by atoms with E-state index in [4.69, 9.17) is 5.73 Å². The molecule has 1 saturated heterocycles. The van der Waals surface area contributed by atoms with Crippen LogP contribution in [0.5, 0.6) is 0 Å². The molecular weight excluding hydrogens is 350 g/mol. The van der Waals surface area contributed by atoms with E-state index in [9.17, 15) is 16.8 Å². The van der Waals surface area contributed by atoms with E-state index in [-0.39, 0.29) is 21.8 Å². The molecule has 0 radical (unpaired) electrons. The zero-order chi connectivity index (χ0) is 18.1. The standard InChI is InChI=1S/C15H25N3O4S2/c1-11-9-14(6-7-15(11)23(19,20)17-3)24(21,22)18-8-4-5-13(10-18)12(2)16/h6-7,9,12-13,17H,4-5,8,10,16H2,1-3H3. The van der Waals surface area contributed by atoms with E-state index in [2.05, 4.69) is 4.72 Å². The zero-order valence-corrected chi connectivity index (χ0v) is 15.8. The summed E-state index contributed by atoms with van der Waals surface area (Å²) in [7, 11) is -5.95. The quantitative estimate of drug-likeness (QED) is 0.785. The van der Waals surface area contributed by atoms with Gasteiger partial charge in [0.05, 0.1) is 9.79 Å². The van der Waals surface area contributed by atoms with Crippen molar-refractivity contribution in [3.8, 4) is 0 Å². The first-order valence-electron chi connectivity index (χ1n) is 7.89. The molecule has 1 aromatic carbocycles. The highest BCUT2D eigenvalue weighted by molar-refractivity contribution is 7.89. The third-order valence-electron chi connectivity index (χ3n) is 4.51. The third kappa shape index (κ3) is 3.80. The van der Waals surface area contributed by atoms with Crippen molar-refractivity contribution in [1.29, 1.82) is 0 Å². The van der Waals surface area contributed by atoms with Crippen LogP contribution in [0.25, 0.3) is 0 Å². The molecule has 3 N–H and O–H groups in total. The number of rotatable bonds is 5. The van der Waals surface area contributed by atoms with Crippen LogP contribution in [-0.4, -0.2) is 47.3 Å². The van der Waals surface area contributed by atoms with E-state index in [1.807, 2.05) is 6.92 Å². The molecule has 9 heteroatoms. The fraction of sp³-hybridized carbons (Fsp3) is 0.600. The minimum atomic E-state index is -3.66. The Bertz CT molecular complexity index is 804. The number of aryl methyl sites for hydroxylation is 1. The van der Waals surface area contributed by atoms with Crippen LogP contribution in [0, 0.1) is 12.8 Å². The summed E-state index contributed by atoms with van der Waals surface area (Å²) in [5.74, 6) is 0.138. The van der Waals surface area contributed by atoms with Crippen LogP contribution < -0.4 is 10.5 Å². The number of sulfonamides is 2. The Labute approximate surface area is 144 Å². The van der Waals surface area contributed by atoms with Crippen molar-refractivity contribution in [2.45, 2.75) is 42.5 Å². The molecule has 1 aromatic rings. The fourth-order valence-corrected chi connectivity index (χ4v) is 5.54. The van der Waals surface area contributed by atoms with Gasteiger partial charge in [0.1, 0.15) is 0 Å². The highest BCUT2D eigenvalue weighted by Crippen LogP contribution is 2.27. The Kier molecular flexibility index (Phi) is 5.71. The first kappa shape index (κ1) is 19.3. The lowest BCUT2D eigenvalue weighted by Crippen LogP contribution is -2.44. The molecule has 1 heterocycles. The van der Waals surface area contributed by atoms with Gasteiger partial charge in [-0.25, -0.2) is 21.6 Å². The molecule has 24 heavy (non-hydrogen) atoms. The van der Waals surface area contributed by atoms with E-state index in [0.717, 1.165) is 12.8 Å². The van der Waals surface area contributed by atoms with Crippen LogP contribution in [0.1, 0.15) is 25.3 Å². The Morgan fingerprint density at radius 2 is 1.96 bits per heavy atom. The number of benzene rings is 1. The minimum absolute atomic E-state index is 0.0621. The van der Waals surface area contributed by atoms with Crippen molar-refractivity contribution in [3.63, 3.8) is 0 Å². The summed E-state index contributed by atoms with van der Waals surface area (Å²) in [6.07, 6.45) is 1.69. The summed E-state index contributed by atoms with van der Waals surface area (Å²) < 4.78 is 53.2. The summed E-state index contributed by atoms with van der Waals surface area (Å²) in [5, 5.41) is 0. The normalized spacial score (nSPS) is 21.6. The zero-order valence-electron chi connectivity index (χ0n) is 14.2. The second-order valence-corrected chi connectivity index (χ2v) is 10.1. The Hall–Kier alpha value is -1.00. The van der Waals surface area contributed by atoms with E-state index >= 15 is 0 Å². The number of hydrogen-bond donors (Lipinski definition) is 2. The number of hydrogen-bond acceptors (Lipinski definition) is 5. The van der Waals surface area contributed by atoms with E-state index in [0.29, 0.717) is 18.7 Å². The predicted octanol–water partition coefficient (Wildman–Crippen LogP) is 0.651. The predicted molar refractivity (Wildman–Crippen MR) is 92.6 cm³/mol. The second kappa shape index (κ2) is 7.09. The lowest BCUT2D eigenvalue weighted by Gasteiger charge is -2.33. The molecule has 0 spiro atoms. The molecule has 7 nitrogen and oxygen atoms in total. The second-order valence-electron chi connectivity index (χ2n) is 6.26. The number of nitrogens with two attached hydrogens (primary N) is 1. The van der Waals surface area contributed by atoms with Crippen LogP contribution in [0.15, 0.2) is 28.0 Å². The van der Waals surface area contributed by atoms with Crippen LogP contribution in [0.3, 0.4) is 0 Å². The first-order chi connectivity index (χ1) is 11.1. The van der Waals surface area contributed by atoms with Gasteiger partial charge < -0.3 is 5.73 Å². The van der Waals surface area contributed by atoms with Crippen molar-refractivity contribution in [3.05, 3.63) is 23.8 Å². The van der Waals surface area contributed by atoms with Gasteiger partial charge in [0.25, 0.3) is 0 Å². The SMILES string of the molecule is CNS(=O)(=O)c1ccc(S(=O)(=O)N2CCCC(C(C)N)C2)cc1C. The maximum atomic E-state index is 12.9. The molecule has 136 valence electrons. The van der Waals surface area contributed by atoms with Crippen LogP contribution in [0.2, 0.25) is 0 Å². The van der Waals surface area contributed by atoms with Crippen LogP contribution in [0.4, 0.5) is 0 Å². The summed E-state index contributed by atoms with van der Waals surface area (Å²) in [5.41, 5.74) is 6.32. The summed E-state index contributed by atoms with van der Waals surface area (Å²) in [6.45, 7) is 4.34. The van der Waals surface area contributed by atoms with Gasteiger partial charge in [-0.05, 0) is 63.4 Å². The maximum Gasteiger partial charge on any atom is 0.243 e. The van der Waals surface area contributed by atoms with Gasteiger partial charge in [0, 0.05) is 19.1 Å². The highest BCUT2D eigenvalue weighted by Gasteiger charge is 2.32. The molecule has 0 saturated carbocycles. The molecular formula is C15H25N3O4S2. The monoisotopic (exact) mass is 375 g/mol. The summed E-state index contributed by atoms with van der Waals surface area (Å²) >= 11 is 0. The molecule has 2 unspecified atom stereocenters. The topological polar surface area (TPSA) is 110 Å². The molecule has 0 aliphatic carbocycles. The molecule has 2 atom stereocenters. The number of nitrogens with one attached hydrogen (secondary N) is 1. The molecule has 1 aliphatic heterocycles. The van der Waals surface area contributed by atoms with E-state index in [1.165, 1.54) is 29.6 Å². The van der Waals surface area contributed by atoms with E-state index in [1.54, 1.807) is 6.92 Å². The average Bonchev–Trinajstić information content (AvgIpc) is 2.54. The maximum absolute atomic E-state index is 12.9. The number of piperidine rings is 1. The van der Waals surface area contributed by atoms with Gasteiger partial charge in [-0.15, -0.1) is 0 Å². The number of nitrogens with zero attached hydrogens (tertiary/aromatic N) is 1. The minimum Gasteiger partial charge on any atom is -0.328 e. The average molecular weight is 376 g/mol. The smallest absolute Gasteiger partial charge is 0.243 e. The Balaban J connectivity index is 2.35. The van der Waals surface area contributed by atoms with E-state index < -0.39 is 20.0 Å². The largest absolute Gasteiger partial charge is 0.328 e. The Morgan fingerprint density at radius 1 is 1.29 bits per heavy atom. The molecule has 0 aromatic heterocycles. The molecule has 2 rings (SSSR count). The molecule has 1 fully saturated rings. The first-order valence-corrected chi connectivity index (χ1v) is 10.8. The van der Waals surface area contributed by atoms with Gasteiger partial charge in [-0.2, -0.15) is 4.31 Å². The third-order valence-corrected chi connectivity index (χ3v) is 7.94. The van der Waals surface area contributed by atoms with Gasteiger partial charge >= 0.3 is 0 Å². The highest BCUT2D eigenvalue weighted by atomic mass is 32.2. The molecule has 1 aliphatic rings. The van der Waals surface area contributed by atoms with Gasteiger partial charge in [-0.3, -0.25) is 0 Å². The van der Waals surface area contributed by atoms with Crippen molar-refractivity contribution in [2.24, 2.45) is 11.7 Å². The molecule has 0 amide bonds. The van der Waals surface area contributed by atoms with Crippen LogP contribution in [-0.2, 0) is 20.0 Å². The summed E-state index contributed by atoms with van der Waals surface area (Å²) in [6, 6.07) is 4.03. The lowest BCUT2D eigenvalue weighted by atomic mass is 9.93. The fourth-order valence-electron chi connectivity index (χ4n) is 2.96. The Morgan fingerprint density at radius 3 is 2.50 bits per heavy atom. The lowest BCUT2D eigenvalue weighted by molar-refractivity contribution is 0.243.